The molecule has 1 unspecified atom stereocenters. The molecule has 0 aliphatic heterocycles. The minimum absolute atomic E-state index is 0.0199. The van der Waals surface area contributed by atoms with Gasteiger partial charge in [0.1, 0.15) is 5.75 Å². The molecule has 1 aromatic carbocycles. The molecule has 0 saturated carbocycles. The predicted molar refractivity (Wildman–Crippen MR) is 81.1 cm³/mol. The summed E-state index contributed by atoms with van der Waals surface area (Å²) in [5.74, 6) is 0.833. The molecule has 112 valence electrons. The van der Waals surface area contributed by atoms with Crippen LogP contribution >= 0.6 is 0 Å². The molecule has 0 fully saturated rings. The van der Waals surface area contributed by atoms with Crippen molar-refractivity contribution in [2.45, 2.75) is 32.9 Å². The number of carbonyl (C=O) groups excluding carboxylic acids is 1. The summed E-state index contributed by atoms with van der Waals surface area (Å²) in [7, 11) is 1.63. The minimum atomic E-state index is 0.0199. The number of aryl methyl sites for hydroxylation is 1. The van der Waals surface area contributed by atoms with Gasteiger partial charge in [-0.05, 0) is 37.6 Å². The van der Waals surface area contributed by atoms with Gasteiger partial charge < -0.3 is 10.1 Å². The number of nitrogens with one attached hydrogen (secondary N) is 1. The molecular weight excluding hydrogens is 266 g/mol. The standard InChI is InChI=1S/C16H21N3O2/c1-12-8-9-19(18-12)13(2)10-16(20)17-11-14-4-6-15(21-3)7-5-14/h4-9,13H,10-11H2,1-3H3,(H,17,20). The lowest BCUT2D eigenvalue weighted by Crippen LogP contribution is -2.25. The van der Waals surface area contributed by atoms with E-state index in [1.807, 2.05) is 55.1 Å². The number of hydrogen-bond acceptors (Lipinski definition) is 3. The van der Waals surface area contributed by atoms with E-state index in [-0.39, 0.29) is 11.9 Å². The normalized spacial score (nSPS) is 12.0. The van der Waals surface area contributed by atoms with Crippen molar-refractivity contribution in [1.82, 2.24) is 15.1 Å². The largest absolute Gasteiger partial charge is 0.497 e. The molecule has 0 aliphatic carbocycles. The molecule has 0 aliphatic rings. The molecule has 2 rings (SSSR count). The number of benzene rings is 1. The van der Waals surface area contributed by atoms with Crippen LogP contribution in [0.4, 0.5) is 0 Å². The van der Waals surface area contributed by atoms with Gasteiger partial charge in [0.15, 0.2) is 0 Å². The first-order valence-corrected chi connectivity index (χ1v) is 7.00. The third kappa shape index (κ3) is 4.34. The maximum Gasteiger partial charge on any atom is 0.222 e. The lowest BCUT2D eigenvalue weighted by Gasteiger charge is -2.12. The highest BCUT2D eigenvalue weighted by Gasteiger charge is 2.11. The molecule has 0 saturated heterocycles. The van der Waals surface area contributed by atoms with Crippen molar-refractivity contribution in [1.29, 1.82) is 0 Å². The van der Waals surface area contributed by atoms with Crippen LogP contribution in [0.5, 0.6) is 5.75 Å². The Balaban J connectivity index is 1.81. The molecule has 1 amide bonds. The number of rotatable bonds is 6. The monoisotopic (exact) mass is 287 g/mol. The zero-order valence-corrected chi connectivity index (χ0v) is 12.7. The van der Waals surface area contributed by atoms with E-state index in [0.717, 1.165) is 17.0 Å². The van der Waals surface area contributed by atoms with E-state index in [1.54, 1.807) is 7.11 Å². The van der Waals surface area contributed by atoms with E-state index in [0.29, 0.717) is 13.0 Å². The van der Waals surface area contributed by atoms with Gasteiger partial charge >= 0.3 is 0 Å². The molecular formula is C16H21N3O2. The summed E-state index contributed by atoms with van der Waals surface area (Å²) in [5.41, 5.74) is 2.01. The highest BCUT2D eigenvalue weighted by atomic mass is 16.5. The first-order valence-electron chi connectivity index (χ1n) is 7.00. The van der Waals surface area contributed by atoms with Crippen LogP contribution in [0, 0.1) is 6.92 Å². The average Bonchev–Trinajstić information content (AvgIpc) is 2.92. The Bertz CT molecular complexity index is 590. The van der Waals surface area contributed by atoms with Crippen molar-refractivity contribution in [3.8, 4) is 5.75 Å². The van der Waals surface area contributed by atoms with Gasteiger partial charge in [0.2, 0.25) is 5.91 Å². The summed E-state index contributed by atoms with van der Waals surface area (Å²) in [6.07, 6.45) is 2.31. The van der Waals surface area contributed by atoms with Gasteiger partial charge in [-0.3, -0.25) is 9.48 Å². The third-order valence-electron chi connectivity index (χ3n) is 3.32. The maximum absolute atomic E-state index is 12.0. The number of ether oxygens (including phenoxy) is 1. The summed E-state index contributed by atoms with van der Waals surface area (Å²) < 4.78 is 6.92. The Morgan fingerprint density at radius 2 is 2.05 bits per heavy atom. The third-order valence-corrected chi connectivity index (χ3v) is 3.32. The zero-order valence-electron chi connectivity index (χ0n) is 12.7. The van der Waals surface area contributed by atoms with Gasteiger partial charge in [0, 0.05) is 19.2 Å². The molecule has 1 aromatic heterocycles. The fourth-order valence-electron chi connectivity index (χ4n) is 2.06. The molecule has 5 heteroatoms. The van der Waals surface area contributed by atoms with E-state index in [4.69, 9.17) is 4.74 Å². The first-order chi connectivity index (χ1) is 10.1. The molecule has 5 nitrogen and oxygen atoms in total. The highest BCUT2D eigenvalue weighted by molar-refractivity contribution is 5.76. The number of hydrogen-bond donors (Lipinski definition) is 1. The fourth-order valence-corrected chi connectivity index (χ4v) is 2.06. The molecule has 2 aromatic rings. The van der Waals surface area contributed by atoms with E-state index in [1.165, 1.54) is 0 Å². The number of amides is 1. The molecule has 1 N–H and O–H groups in total. The summed E-state index contributed by atoms with van der Waals surface area (Å²) in [5, 5.41) is 7.25. The highest BCUT2D eigenvalue weighted by Crippen LogP contribution is 2.12. The SMILES string of the molecule is COc1ccc(CNC(=O)CC(C)n2ccc(C)n2)cc1. The first kappa shape index (κ1) is 15.1. The van der Waals surface area contributed by atoms with Crippen molar-refractivity contribution in [3.05, 3.63) is 47.8 Å². The molecule has 0 bridgehead atoms. The fraction of sp³-hybridized carbons (Fsp3) is 0.375. The van der Waals surface area contributed by atoms with Crippen molar-refractivity contribution in [2.24, 2.45) is 0 Å². The number of methoxy groups -OCH3 is 1. The van der Waals surface area contributed by atoms with Gasteiger partial charge in [-0.25, -0.2) is 0 Å². The van der Waals surface area contributed by atoms with Crippen LogP contribution in [0.1, 0.15) is 30.6 Å². The predicted octanol–water partition coefficient (Wildman–Crippen LogP) is 2.47. The average molecular weight is 287 g/mol. The Hall–Kier alpha value is -2.30. The van der Waals surface area contributed by atoms with E-state index >= 15 is 0 Å². The van der Waals surface area contributed by atoms with Crippen LogP contribution in [-0.2, 0) is 11.3 Å². The van der Waals surface area contributed by atoms with Crippen LogP contribution in [0.15, 0.2) is 36.5 Å². The van der Waals surface area contributed by atoms with Crippen LogP contribution in [0.2, 0.25) is 0 Å². The summed E-state index contributed by atoms with van der Waals surface area (Å²) in [4.78, 5) is 12.0. The molecule has 21 heavy (non-hydrogen) atoms. The molecule has 1 heterocycles. The van der Waals surface area contributed by atoms with Gasteiger partial charge in [-0.15, -0.1) is 0 Å². The Morgan fingerprint density at radius 3 is 2.62 bits per heavy atom. The number of aromatic nitrogens is 2. The zero-order chi connectivity index (χ0) is 15.2. The van der Waals surface area contributed by atoms with E-state index in [9.17, 15) is 4.79 Å². The topological polar surface area (TPSA) is 56.1 Å². The molecule has 1 atom stereocenters. The Morgan fingerprint density at radius 1 is 1.33 bits per heavy atom. The summed E-state index contributed by atoms with van der Waals surface area (Å²) in [6, 6.07) is 9.65. The minimum Gasteiger partial charge on any atom is -0.497 e. The lowest BCUT2D eigenvalue weighted by molar-refractivity contribution is -0.122. The van der Waals surface area contributed by atoms with Gasteiger partial charge in [-0.2, -0.15) is 5.10 Å². The van der Waals surface area contributed by atoms with E-state index < -0.39 is 0 Å². The second-order valence-corrected chi connectivity index (χ2v) is 5.12. The Labute approximate surface area is 124 Å². The smallest absolute Gasteiger partial charge is 0.222 e. The number of nitrogens with zero attached hydrogens (tertiary/aromatic N) is 2. The quantitative estimate of drug-likeness (QED) is 0.888. The maximum atomic E-state index is 12.0. The van der Waals surface area contributed by atoms with Crippen molar-refractivity contribution in [3.63, 3.8) is 0 Å². The van der Waals surface area contributed by atoms with Crippen molar-refractivity contribution >= 4 is 5.91 Å². The lowest BCUT2D eigenvalue weighted by atomic mass is 10.2. The van der Waals surface area contributed by atoms with Crippen LogP contribution in [-0.4, -0.2) is 22.8 Å². The summed E-state index contributed by atoms with van der Waals surface area (Å²) >= 11 is 0. The van der Waals surface area contributed by atoms with E-state index in [2.05, 4.69) is 10.4 Å². The summed E-state index contributed by atoms with van der Waals surface area (Å²) in [6.45, 7) is 4.44. The van der Waals surface area contributed by atoms with Crippen molar-refractivity contribution < 1.29 is 9.53 Å². The van der Waals surface area contributed by atoms with Gasteiger partial charge in [-0.1, -0.05) is 12.1 Å². The molecule has 0 radical (unpaired) electrons. The second-order valence-electron chi connectivity index (χ2n) is 5.12. The van der Waals surface area contributed by atoms with Gasteiger partial charge in [0.05, 0.1) is 18.8 Å². The molecule has 0 spiro atoms. The number of carbonyl (C=O) groups is 1. The van der Waals surface area contributed by atoms with Crippen LogP contribution in [0.25, 0.3) is 0 Å². The van der Waals surface area contributed by atoms with Crippen molar-refractivity contribution in [2.75, 3.05) is 7.11 Å². The van der Waals surface area contributed by atoms with Crippen LogP contribution in [0.3, 0.4) is 0 Å². The van der Waals surface area contributed by atoms with Crippen LogP contribution < -0.4 is 10.1 Å². The second kappa shape index (κ2) is 6.92. The Kier molecular flexibility index (Phi) is 4.98. The van der Waals surface area contributed by atoms with Gasteiger partial charge in [0.25, 0.3) is 0 Å².